The third kappa shape index (κ3) is 4.05. The van der Waals surface area contributed by atoms with Gasteiger partial charge in [0.05, 0.1) is 9.82 Å². The van der Waals surface area contributed by atoms with Gasteiger partial charge in [-0.1, -0.05) is 10.7 Å². The fourth-order valence-electron chi connectivity index (χ4n) is 1.69. The van der Waals surface area contributed by atoms with Gasteiger partial charge in [0.25, 0.3) is 21.4 Å². The van der Waals surface area contributed by atoms with Crippen LogP contribution in [0.3, 0.4) is 0 Å². The molecule has 0 spiro atoms. The smallest absolute Gasteiger partial charge is 0.258 e. The molecule has 10 heteroatoms. The van der Waals surface area contributed by atoms with E-state index in [1.165, 1.54) is 48.5 Å². The Bertz CT molecular complexity index is 875. The third-order valence-electron chi connectivity index (χ3n) is 2.87. The SMILES string of the molecule is CS(=NS(=O)(=O)c1ccc([NH+]=O)cc1)c1ccc([N+](=O)[O-])cc1. The molecule has 120 valence electrons. The summed E-state index contributed by atoms with van der Waals surface area (Å²) >= 11 is 0. The number of rotatable bonds is 5. The molecule has 0 bridgehead atoms. The highest BCUT2D eigenvalue weighted by atomic mass is 32.3. The maximum absolute atomic E-state index is 12.2. The van der Waals surface area contributed by atoms with Crippen LogP contribution in [0.4, 0.5) is 11.4 Å². The molecule has 0 aliphatic rings. The number of hydrogen-bond acceptors (Lipinski definition) is 5. The van der Waals surface area contributed by atoms with Crippen molar-refractivity contribution in [3.8, 4) is 0 Å². The molecule has 0 aliphatic heterocycles. The molecule has 0 heterocycles. The number of nitrogens with one attached hydrogen (secondary N) is 1. The maximum Gasteiger partial charge on any atom is 0.288 e. The van der Waals surface area contributed by atoms with Gasteiger partial charge in [0.15, 0.2) is 0 Å². The molecule has 0 saturated heterocycles. The van der Waals surface area contributed by atoms with Crippen LogP contribution in [0.2, 0.25) is 0 Å². The van der Waals surface area contributed by atoms with Gasteiger partial charge in [0.1, 0.15) is 0 Å². The first-order valence-electron chi connectivity index (χ1n) is 6.20. The first kappa shape index (κ1) is 16.9. The van der Waals surface area contributed by atoms with Crippen LogP contribution in [-0.2, 0) is 20.7 Å². The first-order chi connectivity index (χ1) is 10.8. The Kier molecular flexibility index (Phi) is 4.96. The van der Waals surface area contributed by atoms with Gasteiger partial charge >= 0.3 is 0 Å². The Morgan fingerprint density at radius 2 is 1.65 bits per heavy atom. The van der Waals surface area contributed by atoms with E-state index in [4.69, 9.17) is 0 Å². The highest BCUT2D eigenvalue weighted by molar-refractivity contribution is 7.99. The van der Waals surface area contributed by atoms with E-state index in [-0.39, 0.29) is 16.3 Å². The van der Waals surface area contributed by atoms with Crippen molar-refractivity contribution in [2.75, 3.05) is 6.26 Å². The molecule has 0 aromatic heterocycles. The Hall–Kier alpha value is -2.46. The van der Waals surface area contributed by atoms with Gasteiger partial charge < -0.3 is 0 Å². The number of nitro groups is 1. The van der Waals surface area contributed by atoms with Crippen LogP contribution in [0.25, 0.3) is 0 Å². The summed E-state index contributed by atoms with van der Waals surface area (Å²) < 4.78 is 28.3. The normalized spacial score (nSPS) is 12.7. The number of nitro benzene ring substituents is 1. The summed E-state index contributed by atoms with van der Waals surface area (Å²) in [5.41, 5.74) is 0.170. The molecule has 0 amide bonds. The molecule has 1 atom stereocenters. The van der Waals surface area contributed by atoms with Crippen LogP contribution in [0.15, 0.2) is 62.1 Å². The van der Waals surface area contributed by atoms with Crippen LogP contribution in [0.1, 0.15) is 0 Å². The zero-order valence-electron chi connectivity index (χ0n) is 11.9. The zero-order chi connectivity index (χ0) is 17.0. The van der Waals surface area contributed by atoms with Crippen molar-refractivity contribution in [3.05, 3.63) is 63.6 Å². The number of hydrogen-bond donors (Lipinski definition) is 1. The van der Waals surface area contributed by atoms with Gasteiger partial charge in [-0.15, -0.1) is 3.77 Å². The lowest BCUT2D eigenvalue weighted by Gasteiger charge is -2.03. The Morgan fingerprint density at radius 3 is 2.13 bits per heavy atom. The minimum atomic E-state index is -3.89. The Labute approximate surface area is 134 Å². The number of nitroso groups, excluding NO2 is 1. The van der Waals surface area contributed by atoms with E-state index in [1.807, 2.05) is 0 Å². The molecule has 2 aromatic rings. The average molecular weight is 354 g/mol. The van der Waals surface area contributed by atoms with Crippen LogP contribution < -0.4 is 5.18 Å². The highest BCUT2D eigenvalue weighted by Crippen LogP contribution is 2.19. The van der Waals surface area contributed by atoms with E-state index in [1.54, 1.807) is 11.4 Å². The van der Waals surface area contributed by atoms with Gasteiger partial charge in [0, 0.05) is 39.2 Å². The fraction of sp³-hybridized carbons (Fsp3) is 0.0769. The molecule has 2 aromatic carbocycles. The van der Waals surface area contributed by atoms with E-state index >= 15 is 0 Å². The minimum Gasteiger partial charge on any atom is -0.258 e. The van der Waals surface area contributed by atoms with Gasteiger partial charge in [0.2, 0.25) is 0 Å². The topological polar surface area (TPSA) is 121 Å². The quantitative estimate of drug-likeness (QED) is 0.640. The molecule has 1 unspecified atom stereocenters. The van der Waals surface area contributed by atoms with Gasteiger partial charge in [-0.2, -0.15) is 8.42 Å². The molecule has 0 aliphatic carbocycles. The monoisotopic (exact) mass is 354 g/mol. The summed E-state index contributed by atoms with van der Waals surface area (Å²) in [6, 6.07) is 10.8. The van der Waals surface area contributed by atoms with Crippen molar-refractivity contribution in [3.63, 3.8) is 0 Å². The summed E-state index contributed by atoms with van der Waals surface area (Å²) in [5.74, 6) is 0. The van der Waals surface area contributed by atoms with Gasteiger partial charge in [-0.05, 0) is 30.5 Å². The largest absolute Gasteiger partial charge is 0.288 e. The second kappa shape index (κ2) is 6.75. The minimum absolute atomic E-state index is 0.0299. The number of sulfonamides is 1. The van der Waals surface area contributed by atoms with Crippen LogP contribution in [-0.4, -0.2) is 19.6 Å². The van der Waals surface area contributed by atoms with E-state index in [9.17, 15) is 23.4 Å². The predicted molar refractivity (Wildman–Crippen MR) is 84.7 cm³/mol. The predicted octanol–water partition coefficient (Wildman–Crippen LogP) is 1.25. The maximum atomic E-state index is 12.2. The summed E-state index contributed by atoms with van der Waals surface area (Å²) in [6.45, 7) is 0. The van der Waals surface area contributed by atoms with E-state index < -0.39 is 25.6 Å². The van der Waals surface area contributed by atoms with Crippen molar-refractivity contribution >= 4 is 32.1 Å². The van der Waals surface area contributed by atoms with Crippen LogP contribution in [0, 0.1) is 15.0 Å². The number of non-ortho nitro benzene ring substituents is 1. The molecule has 0 radical (unpaired) electrons. The van der Waals surface area contributed by atoms with Crippen molar-refractivity contribution in [1.29, 1.82) is 0 Å². The fourth-order valence-corrected chi connectivity index (χ4v) is 4.57. The molecule has 1 N–H and O–H groups in total. The van der Waals surface area contributed by atoms with Crippen LogP contribution >= 0.6 is 0 Å². The average Bonchev–Trinajstić information content (AvgIpc) is 2.54. The molecule has 2 rings (SSSR count). The lowest BCUT2D eigenvalue weighted by Crippen LogP contribution is -2.55. The summed E-state index contributed by atoms with van der Waals surface area (Å²) in [6.07, 6.45) is 1.60. The second-order valence-electron chi connectivity index (χ2n) is 4.41. The molecule has 8 nitrogen and oxygen atoms in total. The second-order valence-corrected chi connectivity index (χ2v) is 7.85. The van der Waals surface area contributed by atoms with Crippen molar-refractivity contribution in [2.24, 2.45) is 3.77 Å². The lowest BCUT2D eigenvalue weighted by molar-refractivity contribution is -0.384. The van der Waals surface area contributed by atoms with Crippen molar-refractivity contribution in [2.45, 2.75) is 9.79 Å². The summed E-state index contributed by atoms with van der Waals surface area (Å²) in [7, 11) is -4.88. The molecule has 0 saturated carbocycles. The Morgan fingerprint density at radius 1 is 1.09 bits per heavy atom. The van der Waals surface area contributed by atoms with Crippen LogP contribution in [0.5, 0.6) is 0 Å². The summed E-state index contributed by atoms with van der Waals surface area (Å²) in [4.78, 5) is 21.1. The molecular formula is C13H12N3O5S2+. The zero-order valence-corrected chi connectivity index (χ0v) is 13.5. The Balaban J connectivity index is 2.33. The van der Waals surface area contributed by atoms with Crippen molar-refractivity contribution in [1.82, 2.24) is 0 Å². The third-order valence-corrected chi connectivity index (χ3v) is 6.37. The first-order valence-corrected chi connectivity index (χ1v) is 9.23. The van der Waals surface area contributed by atoms with E-state index in [0.717, 1.165) is 0 Å². The van der Waals surface area contributed by atoms with E-state index in [2.05, 4.69) is 3.77 Å². The molecular weight excluding hydrogens is 342 g/mol. The van der Waals surface area contributed by atoms with Gasteiger partial charge in [-0.3, -0.25) is 10.1 Å². The lowest BCUT2D eigenvalue weighted by atomic mass is 10.3. The molecule has 0 fully saturated rings. The van der Waals surface area contributed by atoms with Crippen molar-refractivity contribution < 1.29 is 18.5 Å². The van der Waals surface area contributed by atoms with Gasteiger partial charge in [-0.25, -0.2) is 0 Å². The highest BCUT2D eigenvalue weighted by Gasteiger charge is 2.15. The molecule has 23 heavy (non-hydrogen) atoms. The standard InChI is InChI=1S/C13H11N3O5S2/c1-22(12-6-4-11(5-7-12)16(18)19)15-23(20,21)13-8-2-10(14-17)3-9-13/h2-9H,1H3/p+1. The van der Waals surface area contributed by atoms with E-state index in [0.29, 0.717) is 4.90 Å². The number of benzene rings is 2. The summed E-state index contributed by atoms with van der Waals surface area (Å²) in [5, 5.41) is 12.3. The number of nitrogens with zero attached hydrogens (tertiary/aromatic N) is 2.